The Bertz CT molecular complexity index is 173. The van der Waals surface area contributed by atoms with Crippen molar-refractivity contribution < 1.29 is 14.3 Å². The summed E-state index contributed by atoms with van der Waals surface area (Å²) in [5, 5.41) is 0. The molecule has 0 unspecified atom stereocenters. The number of esters is 1. The molecule has 0 amide bonds. The maximum atomic E-state index is 10.4. The van der Waals surface area contributed by atoms with Crippen LogP contribution < -0.4 is 5.73 Å². The molecule has 5 heteroatoms. The zero-order valence-electron chi connectivity index (χ0n) is 6.83. The summed E-state index contributed by atoms with van der Waals surface area (Å²) in [5.74, 6) is 4.80. The van der Waals surface area contributed by atoms with Gasteiger partial charge in [0.05, 0.1) is 13.7 Å². The Morgan fingerprint density at radius 1 is 1.50 bits per heavy atom. The van der Waals surface area contributed by atoms with Crippen molar-refractivity contribution >= 4 is 18.4 Å². The molecule has 12 heavy (non-hydrogen) atoms. The van der Waals surface area contributed by atoms with Gasteiger partial charge in [0.25, 0.3) is 0 Å². The smallest absolute Gasteiger partial charge is 0.331 e. The quantitative estimate of drug-likeness (QED) is 0.375. The third kappa shape index (κ3) is 9.24. The van der Waals surface area contributed by atoms with E-state index < -0.39 is 5.97 Å². The first kappa shape index (κ1) is 13.8. The molecule has 0 radical (unpaired) electrons. The summed E-state index contributed by atoms with van der Waals surface area (Å²) in [5.41, 5.74) is 5.08. The second kappa shape index (κ2) is 10.2. The zero-order valence-corrected chi connectivity index (χ0v) is 7.65. The number of carbonyl (C=O) groups is 1. The monoisotopic (exact) mass is 193 g/mol. The molecule has 0 saturated heterocycles. The predicted octanol–water partition coefficient (Wildman–Crippen LogP) is -0.440. The fourth-order valence-electron chi connectivity index (χ4n) is 0.368. The Hall–Kier alpha value is -0.760. The van der Waals surface area contributed by atoms with Crippen LogP contribution in [0.1, 0.15) is 0 Å². The summed E-state index contributed by atoms with van der Waals surface area (Å²) in [6.07, 6.45) is 0. The molecular formula is C7H12ClNO3. The van der Waals surface area contributed by atoms with E-state index in [-0.39, 0.29) is 25.6 Å². The van der Waals surface area contributed by atoms with Crippen LogP contribution in [0.4, 0.5) is 0 Å². The Balaban J connectivity index is 0. The van der Waals surface area contributed by atoms with Crippen molar-refractivity contribution in [2.75, 3.05) is 26.9 Å². The van der Waals surface area contributed by atoms with E-state index in [0.717, 1.165) is 0 Å². The van der Waals surface area contributed by atoms with E-state index >= 15 is 0 Å². The average molecular weight is 194 g/mol. The molecule has 2 N–H and O–H groups in total. The first-order valence-electron chi connectivity index (χ1n) is 3.11. The summed E-state index contributed by atoms with van der Waals surface area (Å²) in [7, 11) is 1.30. The van der Waals surface area contributed by atoms with Crippen LogP contribution in [0.3, 0.4) is 0 Å². The van der Waals surface area contributed by atoms with Crippen LogP contribution in [-0.2, 0) is 14.3 Å². The molecule has 0 spiro atoms. The molecule has 0 aliphatic carbocycles. The topological polar surface area (TPSA) is 61.5 Å². The van der Waals surface area contributed by atoms with E-state index in [0.29, 0.717) is 6.54 Å². The Morgan fingerprint density at radius 2 is 2.17 bits per heavy atom. The number of hydrogen-bond acceptors (Lipinski definition) is 4. The number of carbonyl (C=O) groups excluding carboxylic acids is 1. The highest BCUT2D eigenvalue weighted by Gasteiger charge is 1.96. The first-order valence-corrected chi connectivity index (χ1v) is 3.11. The number of rotatable bonds is 3. The molecule has 0 fully saturated rings. The van der Waals surface area contributed by atoms with Crippen molar-refractivity contribution in [1.29, 1.82) is 0 Å². The van der Waals surface area contributed by atoms with Gasteiger partial charge in [0, 0.05) is 0 Å². The maximum absolute atomic E-state index is 10.4. The van der Waals surface area contributed by atoms with Gasteiger partial charge >= 0.3 is 5.97 Å². The third-order valence-corrected chi connectivity index (χ3v) is 0.849. The normalized spacial score (nSPS) is 7.50. The molecule has 4 nitrogen and oxygen atoms in total. The van der Waals surface area contributed by atoms with Gasteiger partial charge in [-0.1, -0.05) is 11.8 Å². The zero-order chi connectivity index (χ0) is 8.53. The molecule has 0 aliphatic rings. The molecule has 70 valence electrons. The fraction of sp³-hybridized carbons (Fsp3) is 0.571. The van der Waals surface area contributed by atoms with Crippen molar-refractivity contribution in [1.82, 2.24) is 0 Å². The van der Waals surface area contributed by atoms with Crippen molar-refractivity contribution in [2.24, 2.45) is 5.73 Å². The van der Waals surface area contributed by atoms with Gasteiger partial charge in [-0.15, -0.1) is 12.4 Å². The van der Waals surface area contributed by atoms with Gasteiger partial charge in [-0.25, -0.2) is 4.79 Å². The highest BCUT2D eigenvalue weighted by molar-refractivity contribution is 5.85. The number of ether oxygens (including phenoxy) is 2. The van der Waals surface area contributed by atoms with Crippen LogP contribution in [0.15, 0.2) is 0 Å². The summed E-state index contributed by atoms with van der Waals surface area (Å²) in [6, 6.07) is 0. The standard InChI is InChI=1S/C7H11NO3.ClH/c1-10-7(9)6-11-5-3-2-4-8;/h4-6,8H2,1H3;1H. The highest BCUT2D eigenvalue weighted by Crippen LogP contribution is 1.76. The van der Waals surface area contributed by atoms with Crippen molar-refractivity contribution in [2.45, 2.75) is 0 Å². The largest absolute Gasteiger partial charge is 0.467 e. The van der Waals surface area contributed by atoms with E-state index in [1.807, 2.05) is 0 Å². The summed E-state index contributed by atoms with van der Waals surface area (Å²) >= 11 is 0. The second-order valence-electron chi connectivity index (χ2n) is 1.63. The minimum Gasteiger partial charge on any atom is -0.467 e. The molecule has 0 bridgehead atoms. The van der Waals surface area contributed by atoms with Gasteiger partial charge in [0.15, 0.2) is 0 Å². The van der Waals surface area contributed by atoms with E-state index in [2.05, 4.69) is 16.6 Å². The van der Waals surface area contributed by atoms with E-state index in [1.54, 1.807) is 0 Å². The minimum absolute atomic E-state index is 0. The van der Waals surface area contributed by atoms with Crippen LogP contribution in [0.25, 0.3) is 0 Å². The van der Waals surface area contributed by atoms with Crippen molar-refractivity contribution in [3.8, 4) is 11.8 Å². The first-order chi connectivity index (χ1) is 5.31. The molecule has 0 aromatic rings. The molecule has 0 aromatic heterocycles. The summed E-state index contributed by atoms with van der Waals surface area (Å²) in [4.78, 5) is 10.4. The molecule has 0 rings (SSSR count). The van der Waals surface area contributed by atoms with Crippen LogP contribution >= 0.6 is 12.4 Å². The molecule has 0 heterocycles. The van der Waals surface area contributed by atoms with Crippen LogP contribution in [0.2, 0.25) is 0 Å². The lowest BCUT2D eigenvalue weighted by Gasteiger charge is -1.96. The SMILES string of the molecule is COC(=O)COCC#CCN.Cl. The van der Waals surface area contributed by atoms with Crippen LogP contribution in [-0.4, -0.2) is 32.8 Å². The van der Waals surface area contributed by atoms with Gasteiger partial charge in [0.2, 0.25) is 0 Å². The predicted molar refractivity (Wildman–Crippen MR) is 46.9 cm³/mol. The lowest BCUT2D eigenvalue weighted by molar-refractivity contribution is -0.145. The Morgan fingerprint density at radius 3 is 2.67 bits per heavy atom. The van der Waals surface area contributed by atoms with E-state index in [1.165, 1.54) is 7.11 Å². The molecule has 0 saturated carbocycles. The van der Waals surface area contributed by atoms with Crippen molar-refractivity contribution in [3.05, 3.63) is 0 Å². The number of methoxy groups -OCH3 is 1. The van der Waals surface area contributed by atoms with Gasteiger partial charge in [-0.3, -0.25) is 0 Å². The number of nitrogens with two attached hydrogens (primary N) is 1. The molecule has 0 aliphatic heterocycles. The maximum Gasteiger partial charge on any atom is 0.331 e. The average Bonchev–Trinajstić information content (AvgIpc) is 2.04. The number of hydrogen-bond donors (Lipinski definition) is 1. The lowest BCUT2D eigenvalue weighted by Crippen LogP contribution is -2.10. The van der Waals surface area contributed by atoms with Gasteiger partial charge in [-0.2, -0.15) is 0 Å². The second-order valence-corrected chi connectivity index (χ2v) is 1.63. The van der Waals surface area contributed by atoms with Gasteiger partial charge in [-0.05, 0) is 0 Å². The minimum atomic E-state index is -0.403. The fourth-order valence-corrected chi connectivity index (χ4v) is 0.368. The summed E-state index contributed by atoms with van der Waals surface area (Å²) < 4.78 is 9.10. The van der Waals surface area contributed by atoms with Gasteiger partial charge < -0.3 is 15.2 Å². The third-order valence-electron chi connectivity index (χ3n) is 0.849. The van der Waals surface area contributed by atoms with E-state index in [9.17, 15) is 4.79 Å². The molecular weight excluding hydrogens is 182 g/mol. The van der Waals surface area contributed by atoms with Crippen LogP contribution in [0, 0.1) is 11.8 Å². The number of halogens is 1. The Kier molecular flexibility index (Phi) is 11.8. The van der Waals surface area contributed by atoms with Crippen molar-refractivity contribution in [3.63, 3.8) is 0 Å². The Labute approximate surface area is 77.8 Å². The molecule has 0 aromatic carbocycles. The summed E-state index contributed by atoms with van der Waals surface area (Å²) in [6.45, 7) is 0.462. The lowest BCUT2D eigenvalue weighted by atomic mass is 10.6. The van der Waals surface area contributed by atoms with E-state index in [4.69, 9.17) is 10.5 Å². The highest BCUT2D eigenvalue weighted by atomic mass is 35.5. The van der Waals surface area contributed by atoms with Gasteiger partial charge in [0.1, 0.15) is 13.2 Å². The molecule has 0 atom stereocenters. The van der Waals surface area contributed by atoms with Crippen LogP contribution in [0.5, 0.6) is 0 Å².